The number of ether oxygens (including phenoxy) is 1. The molecule has 3 aromatic rings. The highest BCUT2D eigenvalue weighted by Gasteiger charge is 2.25. The number of aryl methyl sites for hydroxylation is 1. The highest BCUT2D eigenvalue weighted by Crippen LogP contribution is 2.30. The lowest BCUT2D eigenvalue weighted by atomic mass is 9.93. The fraction of sp³-hybridized carbons (Fsp3) is 0.304. The molecule has 150 valence electrons. The van der Waals surface area contributed by atoms with Crippen LogP contribution in [0.2, 0.25) is 0 Å². The van der Waals surface area contributed by atoms with Gasteiger partial charge >= 0.3 is 6.03 Å². The molecular weight excluding hydrogens is 364 g/mol. The first-order chi connectivity index (χ1) is 14.1. The van der Waals surface area contributed by atoms with Gasteiger partial charge in [0, 0.05) is 30.3 Å². The van der Waals surface area contributed by atoms with E-state index in [4.69, 9.17) is 4.74 Å². The van der Waals surface area contributed by atoms with Crippen molar-refractivity contribution in [2.75, 3.05) is 25.5 Å². The van der Waals surface area contributed by atoms with Crippen molar-refractivity contribution in [1.82, 2.24) is 15.1 Å². The SMILES string of the molecule is COc1ccccc1NC(=O)N1CCC(c2cc(-c3cccc(C)c3)n[nH]2)CC1. The predicted molar refractivity (Wildman–Crippen MR) is 114 cm³/mol. The van der Waals surface area contributed by atoms with Crippen molar-refractivity contribution in [3.63, 3.8) is 0 Å². The van der Waals surface area contributed by atoms with Gasteiger partial charge in [-0.2, -0.15) is 5.10 Å². The van der Waals surface area contributed by atoms with Gasteiger partial charge in [-0.15, -0.1) is 0 Å². The van der Waals surface area contributed by atoms with Gasteiger partial charge in [0.25, 0.3) is 0 Å². The van der Waals surface area contributed by atoms with Crippen molar-refractivity contribution < 1.29 is 9.53 Å². The van der Waals surface area contributed by atoms with Gasteiger partial charge in [-0.3, -0.25) is 5.10 Å². The lowest BCUT2D eigenvalue weighted by molar-refractivity contribution is 0.194. The van der Waals surface area contributed by atoms with Crippen molar-refractivity contribution in [2.45, 2.75) is 25.7 Å². The number of amides is 2. The number of nitrogens with zero attached hydrogens (tertiary/aromatic N) is 2. The Labute approximate surface area is 170 Å². The summed E-state index contributed by atoms with van der Waals surface area (Å²) in [6.45, 7) is 3.51. The molecule has 0 saturated carbocycles. The van der Waals surface area contributed by atoms with Gasteiger partial charge in [0.05, 0.1) is 18.5 Å². The number of H-pyrrole nitrogens is 1. The van der Waals surface area contributed by atoms with Crippen LogP contribution in [0.4, 0.5) is 10.5 Å². The summed E-state index contributed by atoms with van der Waals surface area (Å²) >= 11 is 0. The maximum atomic E-state index is 12.6. The van der Waals surface area contributed by atoms with E-state index in [9.17, 15) is 4.79 Å². The third-order valence-electron chi connectivity index (χ3n) is 5.48. The number of hydrogen-bond donors (Lipinski definition) is 2. The van der Waals surface area contributed by atoms with E-state index in [-0.39, 0.29) is 6.03 Å². The van der Waals surface area contributed by atoms with Crippen LogP contribution in [0.3, 0.4) is 0 Å². The lowest BCUT2D eigenvalue weighted by Gasteiger charge is -2.31. The number of methoxy groups -OCH3 is 1. The molecule has 1 aliphatic rings. The molecule has 6 heteroatoms. The van der Waals surface area contributed by atoms with Crippen LogP contribution in [0.25, 0.3) is 11.3 Å². The third kappa shape index (κ3) is 4.26. The molecule has 0 unspecified atom stereocenters. The molecule has 29 heavy (non-hydrogen) atoms. The molecule has 4 rings (SSSR count). The number of likely N-dealkylation sites (tertiary alicyclic amines) is 1. The van der Waals surface area contributed by atoms with Crippen molar-refractivity contribution in [3.8, 4) is 17.0 Å². The van der Waals surface area contributed by atoms with E-state index in [0.717, 1.165) is 29.8 Å². The van der Waals surface area contributed by atoms with Crippen LogP contribution in [-0.2, 0) is 0 Å². The largest absolute Gasteiger partial charge is 0.495 e. The van der Waals surface area contributed by atoms with E-state index in [2.05, 4.69) is 52.8 Å². The van der Waals surface area contributed by atoms with Crippen molar-refractivity contribution in [3.05, 3.63) is 65.9 Å². The molecule has 0 spiro atoms. The quantitative estimate of drug-likeness (QED) is 0.672. The molecule has 6 nitrogen and oxygen atoms in total. The highest BCUT2D eigenvalue weighted by molar-refractivity contribution is 5.91. The fourth-order valence-electron chi connectivity index (χ4n) is 3.83. The number of rotatable bonds is 4. The van der Waals surface area contributed by atoms with Crippen LogP contribution in [0.15, 0.2) is 54.6 Å². The van der Waals surface area contributed by atoms with Gasteiger partial charge in [-0.05, 0) is 44.0 Å². The zero-order chi connectivity index (χ0) is 20.2. The molecular formula is C23H26N4O2. The van der Waals surface area contributed by atoms with Gasteiger partial charge in [-0.25, -0.2) is 4.79 Å². The Kier molecular flexibility index (Phi) is 5.51. The second-order valence-electron chi connectivity index (χ2n) is 7.47. The van der Waals surface area contributed by atoms with Crippen LogP contribution in [0, 0.1) is 6.92 Å². The second-order valence-corrected chi connectivity index (χ2v) is 7.47. The lowest BCUT2D eigenvalue weighted by Crippen LogP contribution is -2.40. The van der Waals surface area contributed by atoms with Crippen LogP contribution >= 0.6 is 0 Å². The second kappa shape index (κ2) is 8.39. The van der Waals surface area contributed by atoms with Gasteiger partial charge in [0.2, 0.25) is 0 Å². The Bertz CT molecular complexity index is 990. The van der Waals surface area contributed by atoms with Crippen LogP contribution in [0.5, 0.6) is 5.75 Å². The van der Waals surface area contributed by atoms with Crippen molar-refractivity contribution >= 4 is 11.7 Å². The molecule has 0 aliphatic carbocycles. The number of carbonyl (C=O) groups excluding carboxylic acids is 1. The predicted octanol–water partition coefficient (Wildman–Crippen LogP) is 4.81. The topological polar surface area (TPSA) is 70.2 Å². The molecule has 2 aromatic carbocycles. The van der Waals surface area contributed by atoms with E-state index in [1.807, 2.05) is 29.2 Å². The molecule has 2 amide bonds. The first-order valence-corrected chi connectivity index (χ1v) is 9.95. The summed E-state index contributed by atoms with van der Waals surface area (Å²) in [6.07, 6.45) is 1.82. The summed E-state index contributed by atoms with van der Waals surface area (Å²) in [7, 11) is 1.60. The molecule has 1 aliphatic heterocycles. The Hall–Kier alpha value is -3.28. The number of hydrogen-bond acceptors (Lipinski definition) is 3. The van der Waals surface area contributed by atoms with Gasteiger partial charge in [0.15, 0.2) is 0 Å². The number of aromatic nitrogens is 2. The minimum absolute atomic E-state index is 0.0852. The minimum Gasteiger partial charge on any atom is -0.495 e. The zero-order valence-electron chi connectivity index (χ0n) is 16.8. The number of anilines is 1. The zero-order valence-corrected chi connectivity index (χ0v) is 16.8. The first-order valence-electron chi connectivity index (χ1n) is 9.95. The maximum Gasteiger partial charge on any atom is 0.321 e. The normalized spacial score (nSPS) is 14.6. The summed E-state index contributed by atoms with van der Waals surface area (Å²) in [6, 6.07) is 17.9. The molecule has 0 bridgehead atoms. The number of para-hydroxylation sites is 2. The number of urea groups is 1. The Balaban J connectivity index is 1.36. The molecule has 1 saturated heterocycles. The molecule has 0 radical (unpaired) electrons. The summed E-state index contributed by atoms with van der Waals surface area (Å²) in [5.74, 6) is 1.05. The molecule has 1 fully saturated rings. The van der Waals surface area contributed by atoms with Gasteiger partial charge < -0.3 is 15.0 Å². The minimum atomic E-state index is -0.0852. The van der Waals surface area contributed by atoms with E-state index in [1.165, 1.54) is 5.56 Å². The van der Waals surface area contributed by atoms with E-state index in [0.29, 0.717) is 30.4 Å². The molecule has 2 heterocycles. The Morgan fingerprint density at radius 2 is 1.93 bits per heavy atom. The van der Waals surface area contributed by atoms with Gasteiger partial charge in [-0.1, -0.05) is 35.9 Å². The average Bonchev–Trinajstić information content (AvgIpc) is 3.24. The standard InChI is InChI=1S/C23H26N4O2/c1-16-6-5-7-18(14-16)21-15-20(25-26-21)17-10-12-27(13-11-17)23(28)24-19-8-3-4-9-22(19)29-2/h3-9,14-15,17H,10-13H2,1-2H3,(H,24,28)(H,25,26). The van der Waals surface area contributed by atoms with E-state index in [1.54, 1.807) is 7.11 Å². The monoisotopic (exact) mass is 390 g/mol. The number of piperidine rings is 1. The van der Waals surface area contributed by atoms with E-state index >= 15 is 0 Å². The number of nitrogens with one attached hydrogen (secondary N) is 2. The van der Waals surface area contributed by atoms with E-state index < -0.39 is 0 Å². The Morgan fingerprint density at radius 3 is 2.69 bits per heavy atom. The number of aromatic amines is 1. The summed E-state index contributed by atoms with van der Waals surface area (Å²) < 4.78 is 5.31. The summed E-state index contributed by atoms with van der Waals surface area (Å²) in [5, 5.41) is 10.7. The summed E-state index contributed by atoms with van der Waals surface area (Å²) in [4.78, 5) is 14.5. The van der Waals surface area contributed by atoms with Crippen molar-refractivity contribution in [1.29, 1.82) is 0 Å². The van der Waals surface area contributed by atoms with Crippen LogP contribution in [-0.4, -0.2) is 41.3 Å². The number of carbonyl (C=O) groups is 1. The average molecular weight is 390 g/mol. The Morgan fingerprint density at radius 1 is 1.14 bits per heavy atom. The summed E-state index contributed by atoms with van der Waals surface area (Å²) in [5.41, 5.74) is 5.16. The molecule has 1 aromatic heterocycles. The number of benzene rings is 2. The van der Waals surface area contributed by atoms with Crippen LogP contribution in [0.1, 0.15) is 30.0 Å². The molecule has 0 atom stereocenters. The van der Waals surface area contributed by atoms with Crippen molar-refractivity contribution in [2.24, 2.45) is 0 Å². The van der Waals surface area contributed by atoms with Gasteiger partial charge in [0.1, 0.15) is 5.75 Å². The molecule has 2 N–H and O–H groups in total. The maximum absolute atomic E-state index is 12.6. The van der Waals surface area contributed by atoms with Crippen LogP contribution < -0.4 is 10.1 Å². The third-order valence-corrected chi connectivity index (χ3v) is 5.48. The highest BCUT2D eigenvalue weighted by atomic mass is 16.5. The fourth-order valence-corrected chi connectivity index (χ4v) is 3.83. The smallest absolute Gasteiger partial charge is 0.321 e. The first kappa shape index (κ1) is 19.1.